The molecule has 2 amide bonds. The average Bonchev–Trinajstić information content (AvgIpc) is 3.28. The third kappa shape index (κ3) is 2.60. The lowest BCUT2D eigenvalue weighted by atomic mass is 9.85. The van der Waals surface area contributed by atoms with E-state index in [1.165, 1.54) is 6.21 Å². The van der Waals surface area contributed by atoms with Crippen LogP contribution >= 0.6 is 0 Å². The molecule has 0 spiro atoms. The van der Waals surface area contributed by atoms with Crippen molar-refractivity contribution in [1.29, 1.82) is 0 Å². The van der Waals surface area contributed by atoms with E-state index in [1.54, 1.807) is 19.2 Å². The molecule has 26 heavy (non-hydrogen) atoms. The van der Waals surface area contributed by atoms with Crippen molar-refractivity contribution in [2.24, 2.45) is 28.8 Å². The Hall–Kier alpha value is -2.63. The number of fused-ring (bicyclic) bond motifs is 5. The molecule has 6 heteroatoms. The summed E-state index contributed by atoms with van der Waals surface area (Å²) in [6.45, 7) is 3.89. The van der Waals surface area contributed by atoms with Gasteiger partial charge in [0.1, 0.15) is 0 Å². The smallest absolute Gasteiger partial charge is 0.254 e. The van der Waals surface area contributed by atoms with E-state index >= 15 is 0 Å². The largest absolute Gasteiger partial charge is 0.493 e. The number of hydrogen-bond donors (Lipinski definition) is 0. The summed E-state index contributed by atoms with van der Waals surface area (Å²) in [5.41, 5.74) is 0.733. The van der Waals surface area contributed by atoms with Gasteiger partial charge in [-0.3, -0.25) is 9.59 Å². The molecular formula is C20H22N2O4. The number of allylic oxidation sites excluding steroid dienone is 2. The third-order valence-electron chi connectivity index (χ3n) is 5.32. The number of ether oxygens (including phenoxy) is 2. The van der Waals surface area contributed by atoms with E-state index in [2.05, 4.69) is 17.3 Å². The van der Waals surface area contributed by atoms with Crippen molar-refractivity contribution >= 4 is 18.0 Å². The molecule has 0 unspecified atom stereocenters. The van der Waals surface area contributed by atoms with Gasteiger partial charge in [-0.1, -0.05) is 12.2 Å². The summed E-state index contributed by atoms with van der Waals surface area (Å²) in [5.74, 6) is 0.783. The quantitative estimate of drug-likeness (QED) is 0.463. The minimum atomic E-state index is -0.231. The zero-order valence-electron chi connectivity index (χ0n) is 15.1. The maximum atomic E-state index is 12.6. The number of amides is 2. The highest BCUT2D eigenvalue weighted by Gasteiger charge is 2.59. The second-order valence-corrected chi connectivity index (χ2v) is 7.31. The summed E-state index contributed by atoms with van der Waals surface area (Å²) >= 11 is 0. The van der Waals surface area contributed by atoms with Crippen LogP contribution in [-0.2, 0) is 9.59 Å². The van der Waals surface area contributed by atoms with Gasteiger partial charge in [-0.15, -0.1) is 0 Å². The molecule has 136 valence electrons. The number of methoxy groups -OCH3 is 1. The Morgan fingerprint density at radius 3 is 2.35 bits per heavy atom. The van der Waals surface area contributed by atoms with Crippen molar-refractivity contribution < 1.29 is 19.1 Å². The highest BCUT2D eigenvalue weighted by atomic mass is 16.5. The van der Waals surface area contributed by atoms with E-state index in [0.29, 0.717) is 11.5 Å². The maximum Gasteiger partial charge on any atom is 0.254 e. The second-order valence-electron chi connectivity index (χ2n) is 7.31. The van der Waals surface area contributed by atoms with Gasteiger partial charge in [-0.2, -0.15) is 10.1 Å². The summed E-state index contributed by atoms with van der Waals surface area (Å²) in [6.07, 6.45) is 6.62. The van der Waals surface area contributed by atoms with Gasteiger partial charge in [-0.05, 0) is 55.9 Å². The van der Waals surface area contributed by atoms with Gasteiger partial charge in [0, 0.05) is 0 Å². The molecule has 1 heterocycles. The average molecular weight is 354 g/mol. The van der Waals surface area contributed by atoms with E-state index in [9.17, 15) is 9.59 Å². The molecule has 1 saturated carbocycles. The molecule has 3 aliphatic rings. The van der Waals surface area contributed by atoms with Gasteiger partial charge in [0.25, 0.3) is 11.8 Å². The first-order valence-electron chi connectivity index (χ1n) is 8.94. The summed E-state index contributed by atoms with van der Waals surface area (Å²) in [6, 6.07) is 5.39. The Balaban J connectivity index is 1.54. The van der Waals surface area contributed by atoms with Crippen LogP contribution in [0.2, 0.25) is 0 Å². The maximum absolute atomic E-state index is 12.6. The molecule has 6 nitrogen and oxygen atoms in total. The van der Waals surface area contributed by atoms with Crippen LogP contribution < -0.4 is 9.47 Å². The van der Waals surface area contributed by atoms with Crippen molar-refractivity contribution in [3.05, 3.63) is 35.9 Å². The second kappa shape index (κ2) is 6.27. The van der Waals surface area contributed by atoms with Crippen LogP contribution in [0.3, 0.4) is 0 Å². The third-order valence-corrected chi connectivity index (χ3v) is 5.32. The Bertz CT molecular complexity index is 784. The summed E-state index contributed by atoms with van der Waals surface area (Å²) < 4.78 is 11.0. The van der Waals surface area contributed by atoms with Gasteiger partial charge in [-0.25, -0.2) is 0 Å². The van der Waals surface area contributed by atoms with Crippen LogP contribution in [0.5, 0.6) is 11.5 Å². The zero-order chi connectivity index (χ0) is 18.4. The fraction of sp³-hybridized carbons (Fsp3) is 0.450. The van der Waals surface area contributed by atoms with E-state index in [0.717, 1.165) is 17.0 Å². The summed E-state index contributed by atoms with van der Waals surface area (Å²) in [4.78, 5) is 25.2. The van der Waals surface area contributed by atoms with Crippen molar-refractivity contribution in [2.75, 3.05) is 7.11 Å². The molecule has 0 N–H and O–H groups in total. The number of carbonyl (C=O) groups excluding carboxylic acids is 2. The van der Waals surface area contributed by atoms with Crippen molar-refractivity contribution in [3.8, 4) is 11.5 Å². The van der Waals surface area contributed by atoms with Crippen molar-refractivity contribution in [2.45, 2.75) is 26.4 Å². The number of nitrogens with zero attached hydrogens (tertiary/aromatic N) is 2. The highest BCUT2D eigenvalue weighted by molar-refractivity contribution is 6.06. The molecule has 4 rings (SSSR count). The molecule has 1 aromatic rings. The number of rotatable bonds is 5. The lowest BCUT2D eigenvalue weighted by molar-refractivity contribution is -0.140. The SMILES string of the molecule is COc1cc(C=NN2C(=O)[C@@H]3[C@H](C2=O)[C@H]2C=C[C@H]3C2)ccc1OC(C)C. The number of imide groups is 1. The summed E-state index contributed by atoms with van der Waals surface area (Å²) in [7, 11) is 1.57. The Morgan fingerprint density at radius 2 is 1.77 bits per heavy atom. The lowest BCUT2D eigenvalue weighted by Crippen LogP contribution is -2.28. The Kier molecular flexibility index (Phi) is 4.05. The zero-order valence-corrected chi connectivity index (χ0v) is 15.1. The number of hydrazone groups is 1. The Labute approximate surface area is 152 Å². The number of hydrogen-bond acceptors (Lipinski definition) is 5. The first-order chi connectivity index (χ1) is 12.5. The molecule has 4 atom stereocenters. The van der Waals surface area contributed by atoms with Gasteiger partial charge in [0.2, 0.25) is 0 Å². The fourth-order valence-corrected chi connectivity index (χ4v) is 4.24. The number of carbonyl (C=O) groups is 2. The standard InChI is InChI=1S/C20H22N2O4/c1-11(2)26-15-7-4-12(8-16(15)25-3)10-21-22-19(23)17-13-5-6-14(9-13)18(17)20(22)24/h4-8,10-11,13-14,17-18H,9H2,1-3H3/t13-,14-,17-,18+/m0/s1. The van der Waals surface area contributed by atoms with Crippen LogP contribution in [0, 0.1) is 23.7 Å². The van der Waals surface area contributed by atoms with Crippen LogP contribution in [0.4, 0.5) is 0 Å². The predicted octanol–water partition coefficient (Wildman–Crippen LogP) is 2.62. The minimum Gasteiger partial charge on any atom is -0.493 e. The van der Waals surface area contributed by atoms with Gasteiger partial charge >= 0.3 is 0 Å². The predicted molar refractivity (Wildman–Crippen MR) is 95.9 cm³/mol. The van der Waals surface area contributed by atoms with E-state index < -0.39 is 0 Å². The van der Waals surface area contributed by atoms with Crippen molar-refractivity contribution in [3.63, 3.8) is 0 Å². The molecule has 0 aromatic heterocycles. The van der Waals surface area contributed by atoms with Crippen LogP contribution in [0.25, 0.3) is 0 Å². The monoisotopic (exact) mass is 354 g/mol. The molecular weight excluding hydrogens is 332 g/mol. The van der Waals surface area contributed by atoms with Gasteiger partial charge in [0.05, 0.1) is 31.3 Å². The molecule has 2 aliphatic carbocycles. The molecule has 1 saturated heterocycles. The van der Waals surface area contributed by atoms with Crippen LogP contribution in [0.15, 0.2) is 35.5 Å². The lowest BCUT2D eigenvalue weighted by Gasteiger charge is -2.14. The van der Waals surface area contributed by atoms with E-state index in [4.69, 9.17) is 9.47 Å². The van der Waals surface area contributed by atoms with E-state index in [1.807, 2.05) is 19.9 Å². The van der Waals surface area contributed by atoms with Crippen molar-refractivity contribution in [1.82, 2.24) is 5.01 Å². The van der Waals surface area contributed by atoms with E-state index in [-0.39, 0.29) is 41.6 Å². The molecule has 0 radical (unpaired) electrons. The molecule has 2 bridgehead atoms. The molecule has 2 fully saturated rings. The normalized spacial score (nSPS) is 29.3. The molecule has 1 aliphatic heterocycles. The first-order valence-corrected chi connectivity index (χ1v) is 8.94. The Morgan fingerprint density at radius 1 is 1.12 bits per heavy atom. The summed E-state index contributed by atoms with van der Waals surface area (Å²) in [5, 5.41) is 5.23. The molecule has 1 aromatic carbocycles. The first kappa shape index (κ1) is 16.8. The topological polar surface area (TPSA) is 68.2 Å². The van der Waals surface area contributed by atoms with Crippen LogP contribution in [0.1, 0.15) is 25.8 Å². The number of benzene rings is 1. The van der Waals surface area contributed by atoms with Gasteiger partial charge in [0.15, 0.2) is 11.5 Å². The van der Waals surface area contributed by atoms with Crippen LogP contribution in [-0.4, -0.2) is 36.3 Å². The fourth-order valence-electron chi connectivity index (χ4n) is 4.24. The van der Waals surface area contributed by atoms with Gasteiger partial charge < -0.3 is 9.47 Å². The highest BCUT2D eigenvalue weighted by Crippen LogP contribution is 2.52. The minimum absolute atomic E-state index is 0.0339.